The molecule has 0 spiro atoms. The first kappa shape index (κ1) is 20.5. The van der Waals surface area contributed by atoms with Gasteiger partial charge in [-0.05, 0) is 48.9 Å². The average molecular weight is 409 g/mol. The van der Waals surface area contributed by atoms with Crippen molar-refractivity contribution in [1.82, 2.24) is 15.6 Å². The van der Waals surface area contributed by atoms with Gasteiger partial charge in [-0.15, -0.1) is 0 Å². The maximum atomic E-state index is 12.4. The molecule has 0 aliphatic heterocycles. The number of aromatic amines is 1. The van der Waals surface area contributed by atoms with Crippen LogP contribution >= 0.6 is 0 Å². The predicted molar refractivity (Wildman–Crippen MR) is 110 cm³/mol. The Morgan fingerprint density at radius 3 is 2.43 bits per heavy atom. The molecule has 0 aliphatic rings. The predicted octanol–water partition coefficient (Wildman–Crippen LogP) is 3.16. The molecule has 1 heterocycles. The van der Waals surface area contributed by atoms with Crippen LogP contribution in [0.4, 0.5) is 5.69 Å². The summed E-state index contributed by atoms with van der Waals surface area (Å²) in [5, 5.41) is 21.6. The first-order chi connectivity index (χ1) is 14.4. The van der Waals surface area contributed by atoms with E-state index in [4.69, 9.17) is 9.47 Å². The molecular weight excluding hydrogens is 390 g/mol. The van der Waals surface area contributed by atoms with Crippen molar-refractivity contribution in [3.05, 3.63) is 69.9 Å². The van der Waals surface area contributed by atoms with Gasteiger partial charge in [-0.2, -0.15) is 10.2 Å². The molecule has 2 N–H and O–H groups in total. The zero-order valence-electron chi connectivity index (χ0n) is 16.5. The van der Waals surface area contributed by atoms with Gasteiger partial charge < -0.3 is 9.47 Å². The number of amides is 1. The second-order valence-electron chi connectivity index (χ2n) is 6.18. The van der Waals surface area contributed by atoms with Gasteiger partial charge in [-0.1, -0.05) is 0 Å². The van der Waals surface area contributed by atoms with Crippen LogP contribution in [0, 0.1) is 10.1 Å². The van der Waals surface area contributed by atoms with E-state index < -0.39 is 10.8 Å². The number of nitrogens with zero attached hydrogens (tertiary/aromatic N) is 3. The highest BCUT2D eigenvalue weighted by molar-refractivity contribution is 6.00. The molecule has 30 heavy (non-hydrogen) atoms. The molecular formula is C20H19N5O5. The van der Waals surface area contributed by atoms with Gasteiger partial charge in [0.1, 0.15) is 5.69 Å². The molecule has 0 fully saturated rings. The molecule has 3 aromatic rings. The van der Waals surface area contributed by atoms with Gasteiger partial charge in [0, 0.05) is 17.7 Å². The van der Waals surface area contributed by atoms with Gasteiger partial charge in [0.2, 0.25) is 0 Å². The Balaban J connectivity index is 1.72. The minimum atomic E-state index is -0.480. The van der Waals surface area contributed by atoms with Crippen molar-refractivity contribution in [2.24, 2.45) is 5.10 Å². The number of non-ortho nitro benzene ring substituents is 1. The Morgan fingerprint density at radius 2 is 1.80 bits per heavy atom. The van der Waals surface area contributed by atoms with E-state index in [0.29, 0.717) is 28.5 Å². The molecule has 3 rings (SSSR count). The van der Waals surface area contributed by atoms with E-state index in [0.717, 1.165) is 5.56 Å². The summed E-state index contributed by atoms with van der Waals surface area (Å²) in [4.78, 5) is 22.6. The lowest BCUT2D eigenvalue weighted by atomic mass is 10.1. The van der Waals surface area contributed by atoms with E-state index >= 15 is 0 Å². The Labute approximate surface area is 171 Å². The lowest BCUT2D eigenvalue weighted by Gasteiger charge is -2.08. The fourth-order valence-corrected chi connectivity index (χ4v) is 2.67. The van der Waals surface area contributed by atoms with Crippen molar-refractivity contribution in [3.63, 3.8) is 0 Å². The maximum Gasteiger partial charge on any atom is 0.289 e. The highest BCUT2D eigenvalue weighted by Gasteiger charge is 2.13. The third-order valence-corrected chi connectivity index (χ3v) is 4.32. The van der Waals surface area contributed by atoms with Gasteiger partial charge in [0.15, 0.2) is 11.5 Å². The number of benzene rings is 2. The van der Waals surface area contributed by atoms with Crippen molar-refractivity contribution in [2.75, 3.05) is 14.2 Å². The number of nitro benzene ring substituents is 1. The van der Waals surface area contributed by atoms with E-state index in [-0.39, 0.29) is 11.4 Å². The SMILES string of the molecule is COc1ccc(-c2cc(C(=O)N/N=C(/C)c3ccc([N+](=O)[O-])cc3)[nH]n2)cc1OC. The monoisotopic (exact) mass is 409 g/mol. The molecule has 0 saturated carbocycles. The highest BCUT2D eigenvalue weighted by Crippen LogP contribution is 2.31. The van der Waals surface area contributed by atoms with Crippen LogP contribution < -0.4 is 14.9 Å². The van der Waals surface area contributed by atoms with Crippen molar-refractivity contribution < 1.29 is 19.2 Å². The quantitative estimate of drug-likeness (QED) is 0.350. The minimum Gasteiger partial charge on any atom is -0.493 e. The van der Waals surface area contributed by atoms with Crippen LogP contribution in [0.2, 0.25) is 0 Å². The van der Waals surface area contributed by atoms with Crippen molar-refractivity contribution in [2.45, 2.75) is 6.92 Å². The molecule has 0 saturated heterocycles. The number of carbonyl (C=O) groups is 1. The number of H-pyrrole nitrogens is 1. The molecule has 0 aliphatic carbocycles. The number of ether oxygens (including phenoxy) is 2. The number of hydrogen-bond acceptors (Lipinski definition) is 7. The summed E-state index contributed by atoms with van der Waals surface area (Å²) >= 11 is 0. The summed E-state index contributed by atoms with van der Waals surface area (Å²) in [5.74, 6) is 0.661. The van der Waals surface area contributed by atoms with Gasteiger partial charge >= 0.3 is 0 Å². The molecule has 1 aromatic heterocycles. The number of hydrazone groups is 1. The number of carbonyl (C=O) groups excluding carboxylic acids is 1. The molecule has 2 aromatic carbocycles. The second kappa shape index (κ2) is 8.86. The van der Waals surface area contributed by atoms with Gasteiger partial charge in [0.25, 0.3) is 11.6 Å². The molecule has 0 bridgehead atoms. The first-order valence-corrected chi connectivity index (χ1v) is 8.80. The standard InChI is InChI=1S/C20H19N5O5/c1-12(13-4-7-15(8-5-13)25(27)28)21-24-20(26)17-11-16(22-23-17)14-6-9-18(29-2)19(10-14)30-3/h4-11H,1-3H3,(H,22,23)(H,24,26)/b21-12-. The molecule has 10 heteroatoms. The zero-order valence-corrected chi connectivity index (χ0v) is 16.5. The van der Waals surface area contributed by atoms with Crippen molar-refractivity contribution in [3.8, 4) is 22.8 Å². The fraction of sp³-hybridized carbons (Fsp3) is 0.150. The van der Waals surface area contributed by atoms with Crippen LogP contribution in [-0.2, 0) is 0 Å². The van der Waals surface area contributed by atoms with Crippen LogP contribution in [0.3, 0.4) is 0 Å². The summed E-state index contributed by atoms with van der Waals surface area (Å²) < 4.78 is 10.5. The summed E-state index contributed by atoms with van der Waals surface area (Å²) in [6, 6.07) is 12.8. The maximum absolute atomic E-state index is 12.4. The van der Waals surface area contributed by atoms with E-state index in [2.05, 4.69) is 20.7 Å². The van der Waals surface area contributed by atoms with Crippen molar-refractivity contribution >= 4 is 17.3 Å². The summed E-state index contributed by atoms with van der Waals surface area (Å²) in [6.07, 6.45) is 0. The number of methoxy groups -OCH3 is 2. The van der Waals surface area contributed by atoms with E-state index in [1.165, 1.54) is 19.2 Å². The van der Waals surface area contributed by atoms with E-state index in [1.807, 2.05) is 0 Å². The minimum absolute atomic E-state index is 0.0178. The summed E-state index contributed by atoms with van der Waals surface area (Å²) in [7, 11) is 3.09. The number of hydrogen-bond donors (Lipinski definition) is 2. The summed E-state index contributed by atoms with van der Waals surface area (Å²) in [5.41, 5.74) is 5.09. The van der Waals surface area contributed by atoms with Crippen LogP contribution in [0.15, 0.2) is 53.6 Å². The highest BCUT2D eigenvalue weighted by atomic mass is 16.6. The van der Waals surface area contributed by atoms with Crippen molar-refractivity contribution in [1.29, 1.82) is 0 Å². The van der Waals surface area contributed by atoms with Gasteiger partial charge in [-0.25, -0.2) is 5.43 Å². The zero-order chi connectivity index (χ0) is 21.7. The summed E-state index contributed by atoms with van der Waals surface area (Å²) in [6.45, 7) is 1.68. The number of rotatable bonds is 7. The molecule has 0 atom stereocenters. The van der Waals surface area contributed by atoms with Crippen LogP contribution in [-0.4, -0.2) is 41.0 Å². The third kappa shape index (κ3) is 4.43. The third-order valence-electron chi connectivity index (χ3n) is 4.32. The van der Waals surface area contributed by atoms with Gasteiger partial charge in [0.05, 0.1) is 30.5 Å². The lowest BCUT2D eigenvalue weighted by molar-refractivity contribution is -0.384. The Hall–Kier alpha value is -4.21. The Kier molecular flexibility index (Phi) is 6.06. The van der Waals surface area contributed by atoms with E-state index in [9.17, 15) is 14.9 Å². The number of nitro groups is 1. The first-order valence-electron chi connectivity index (χ1n) is 8.80. The van der Waals surface area contributed by atoms with Crippen LogP contribution in [0.1, 0.15) is 23.0 Å². The van der Waals surface area contributed by atoms with Crippen LogP contribution in [0.5, 0.6) is 11.5 Å². The molecule has 154 valence electrons. The van der Waals surface area contributed by atoms with E-state index in [1.54, 1.807) is 50.4 Å². The lowest BCUT2D eigenvalue weighted by Crippen LogP contribution is -2.19. The van der Waals surface area contributed by atoms with Crippen LogP contribution in [0.25, 0.3) is 11.3 Å². The number of aromatic nitrogens is 2. The second-order valence-corrected chi connectivity index (χ2v) is 6.18. The normalized spacial score (nSPS) is 11.1. The molecule has 1 amide bonds. The molecule has 0 radical (unpaired) electrons. The van der Waals surface area contributed by atoms with Gasteiger partial charge in [-0.3, -0.25) is 20.0 Å². The topological polar surface area (TPSA) is 132 Å². The average Bonchev–Trinajstić information content (AvgIpc) is 3.27. The molecule has 10 nitrogen and oxygen atoms in total. The fourth-order valence-electron chi connectivity index (χ4n) is 2.67. The number of nitrogens with one attached hydrogen (secondary N) is 2. The largest absolute Gasteiger partial charge is 0.493 e. The Bertz CT molecular complexity index is 1110. The smallest absolute Gasteiger partial charge is 0.289 e. The Morgan fingerprint density at radius 1 is 1.10 bits per heavy atom. The molecule has 0 unspecified atom stereocenters.